The van der Waals surface area contributed by atoms with E-state index < -0.39 is 12.3 Å². The minimum Gasteiger partial charge on any atom is -0.406 e. The van der Waals surface area contributed by atoms with Gasteiger partial charge in [0.1, 0.15) is 23.1 Å². The Morgan fingerprint density at radius 2 is 1.90 bits per heavy atom. The molecule has 1 heterocycles. The van der Waals surface area contributed by atoms with Crippen molar-refractivity contribution in [2.75, 3.05) is 0 Å². The summed E-state index contributed by atoms with van der Waals surface area (Å²) in [5.74, 6) is -0.257. The quantitative estimate of drug-likeness (QED) is 0.761. The smallest absolute Gasteiger partial charge is 0.406 e. The number of carbonyl (C=O) groups is 2. The number of carbonyl (C=O) groups excluding carboxylic acids is 2. The van der Waals surface area contributed by atoms with Crippen molar-refractivity contribution in [2.24, 2.45) is 5.92 Å². The maximum atomic E-state index is 12.4. The van der Waals surface area contributed by atoms with E-state index in [9.17, 15) is 22.8 Å². The van der Waals surface area contributed by atoms with Crippen molar-refractivity contribution in [2.45, 2.75) is 46.0 Å². The second kappa shape index (κ2) is 8.18. The fraction of sp³-hybridized carbons (Fsp3) is 0.400. The van der Waals surface area contributed by atoms with Gasteiger partial charge in [-0.05, 0) is 49.9 Å². The van der Waals surface area contributed by atoms with Crippen LogP contribution in [-0.2, 0) is 17.8 Å². The Bertz CT molecular complexity index is 940. The molecule has 154 valence electrons. The molecule has 2 aromatic rings. The first-order chi connectivity index (χ1) is 13.6. The van der Waals surface area contributed by atoms with Gasteiger partial charge in [-0.3, -0.25) is 9.59 Å². The van der Waals surface area contributed by atoms with Crippen molar-refractivity contribution >= 4 is 11.7 Å². The normalized spacial score (nSPS) is 13.8. The second-order valence-corrected chi connectivity index (χ2v) is 7.06. The van der Waals surface area contributed by atoms with Crippen molar-refractivity contribution in [1.82, 2.24) is 15.3 Å². The van der Waals surface area contributed by atoms with Gasteiger partial charge in [-0.1, -0.05) is 12.1 Å². The molecule has 0 radical (unpaired) electrons. The number of hydrogen-bond donors (Lipinski definition) is 1. The number of nitrogens with one attached hydrogen (secondary N) is 1. The number of nitrogens with zero attached hydrogens (tertiary/aromatic N) is 2. The lowest BCUT2D eigenvalue weighted by Gasteiger charge is -2.13. The summed E-state index contributed by atoms with van der Waals surface area (Å²) in [4.78, 5) is 32.8. The molecule has 1 amide bonds. The minimum absolute atomic E-state index is 0.0820. The molecular formula is C20H20F3N3O3. The van der Waals surface area contributed by atoms with E-state index in [1.807, 2.05) is 0 Å². The maximum Gasteiger partial charge on any atom is 0.573 e. The van der Waals surface area contributed by atoms with E-state index in [1.54, 1.807) is 6.92 Å². The summed E-state index contributed by atoms with van der Waals surface area (Å²) in [6.45, 7) is 3.31. The van der Waals surface area contributed by atoms with E-state index in [0.717, 1.165) is 12.8 Å². The largest absolute Gasteiger partial charge is 0.573 e. The highest BCUT2D eigenvalue weighted by molar-refractivity contribution is 5.92. The molecule has 9 heteroatoms. The molecule has 1 aliphatic rings. The van der Waals surface area contributed by atoms with Gasteiger partial charge >= 0.3 is 6.36 Å². The Morgan fingerprint density at radius 1 is 1.17 bits per heavy atom. The second-order valence-electron chi connectivity index (χ2n) is 7.06. The number of ether oxygens (including phenoxy) is 1. The predicted molar refractivity (Wildman–Crippen MR) is 97.2 cm³/mol. The summed E-state index contributed by atoms with van der Waals surface area (Å²) in [6.07, 6.45) is -2.87. The number of rotatable bonds is 7. The highest BCUT2D eigenvalue weighted by Crippen LogP contribution is 2.30. The number of benzene rings is 1. The molecule has 0 aliphatic heterocycles. The van der Waals surface area contributed by atoms with Gasteiger partial charge in [-0.25, -0.2) is 9.97 Å². The monoisotopic (exact) mass is 407 g/mol. The van der Waals surface area contributed by atoms with Crippen molar-refractivity contribution in [3.8, 4) is 5.75 Å². The molecule has 0 saturated heterocycles. The Kier molecular flexibility index (Phi) is 5.86. The van der Waals surface area contributed by atoms with Crippen LogP contribution in [0.3, 0.4) is 0 Å². The number of Topliss-reactive ketones (excluding diaryl/α,β-unsaturated/α-hetero) is 1. The van der Waals surface area contributed by atoms with Crippen LogP contribution in [0.4, 0.5) is 13.2 Å². The first kappa shape index (κ1) is 20.8. The van der Waals surface area contributed by atoms with Crippen LogP contribution in [0.5, 0.6) is 5.75 Å². The maximum absolute atomic E-state index is 12.4. The molecule has 0 unspecified atom stereocenters. The van der Waals surface area contributed by atoms with Crippen molar-refractivity contribution in [3.63, 3.8) is 0 Å². The third kappa shape index (κ3) is 6.00. The summed E-state index contributed by atoms with van der Waals surface area (Å²) < 4.78 is 41.0. The molecule has 6 nitrogen and oxygen atoms in total. The molecule has 1 aromatic heterocycles. The van der Waals surface area contributed by atoms with E-state index in [4.69, 9.17) is 0 Å². The molecule has 0 spiro atoms. The zero-order valence-corrected chi connectivity index (χ0v) is 16.0. The number of amides is 1. The van der Waals surface area contributed by atoms with Gasteiger partial charge in [-0.2, -0.15) is 0 Å². The highest BCUT2D eigenvalue weighted by Gasteiger charge is 2.32. The molecule has 29 heavy (non-hydrogen) atoms. The van der Waals surface area contributed by atoms with Crippen molar-refractivity contribution in [3.05, 3.63) is 52.6 Å². The van der Waals surface area contributed by atoms with Crippen LogP contribution in [0, 0.1) is 19.8 Å². The van der Waals surface area contributed by atoms with Crippen LogP contribution < -0.4 is 10.1 Å². The van der Waals surface area contributed by atoms with Crippen LogP contribution in [0.25, 0.3) is 0 Å². The van der Waals surface area contributed by atoms with Crippen LogP contribution in [-0.4, -0.2) is 28.0 Å². The van der Waals surface area contributed by atoms with Crippen LogP contribution >= 0.6 is 0 Å². The number of alkyl halides is 3. The van der Waals surface area contributed by atoms with Gasteiger partial charge in [0.05, 0.1) is 6.42 Å². The Morgan fingerprint density at radius 3 is 2.52 bits per heavy atom. The SMILES string of the molecule is Cc1cc(C(=O)NCc2ccc(OC(F)(F)F)c(C)c2)nc(CC(=O)C2CC2)n1. The topological polar surface area (TPSA) is 81.2 Å². The van der Waals surface area contributed by atoms with E-state index >= 15 is 0 Å². The first-order valence-corrected chi connectivity index (χ1v) is 9.11. The zero-order chi connectivity index (χ0) is 21.2. The molecule has 0 bridgehead atoms. The Hall–Kier alpha value is -2.97. The van der Waals surface area contributed by atoms with E-state index in [0.29, 0.717) is 22.6 Å². The third-order valence-corrected chi connectivity index (χ3v) is 4.42. The van der Waals surface area contributed by atoms with Gasteiger partial charge in [0.15, 0.2) is 0 Å². The van der Waals surface area contributed by atoms with Gasteiger partial charge in [0.2, 0.25) is 0 Å². The average Bonchev–Trinajstić information content (AvgIpc) is 3.45. The summed E-state index contributed by atoms with van der Waals surface area (Å²) in [6, 6.07) is 5.68. The molecule has 1 aromatic carbocycles. The third-order valence-electron chi connectivity index (χ3n) is 4.42. The average molecular weight is 407 g/mol. The van der Waals surface area contributed by atoms with Crippen LogP contribution in [0.1, 0.15) is 46.0 Å². The lowest BCUT2D eigenvalue weighted by atomic mass is 10.1. The lowest BCUT2D eigenvalue weighted by Crippen LogP contribution is -2.25. The van der Waals surface area contributed by atoms with Crippen LogP contribution in [0.15, 0.2) is 24.3 Å². The van der Waals surface area contributed by atoms with Gasteiger partial charge < -0.3 is 10.1 Å². The summed E-state index contributed by atoms with van der Waals surface area (Å²) in [5, 5.41) is 2.68. The molecule has 3 rings (SSSR count). The zero-order valence-electron chi connectivity index (χ0n) is 16.0. The number of hydrogen-bond acceptors (Lipinski definition) is 5. The molecule has 1 saturated carbocycles. The molecule has 1 aliphatic carbocycles. The Balaban J connectivity index is 1.63. The number of aromatic nitrogens is 2. The van der Waals surface area contributed by atoms with E-state index in [2.05, 4.69) is 20.0 Å². The van der Waals surface area contributed by atoms with Gasteiger partial charge in [-0.15, -0.1) is 13.2 Å². The lowest BCUT2D eigenvalue weighted by molar-refractivity contribution is -0.274. The molecule has 1 fully saturated rings. The number of aryl methyl sites for hydroxylation is 2. The van der Waals surface area contributed by atoms with Crippen LogP contribution in [0.2, 0.25) is 0 Å². The van der Waals surface area contributed by atoms with Gasteiger partial charge in [0.25, 0.3) is 5.91 Å². The number of halogens is 3. The summed E-state index contributed by atoms with van der Waals surface area (Å²) in [5.41, 5.74) is 1.63. The van der Waals surface area contributed by atoms with Gasteiger partial charge in [0, 0.05) is 18.2 Å². The van der Waals surface area contributed by atoms with E-state index in [1.165, 1.54) is 31.2 Å². The van der Waals surface area contributed by atoms with Crippen molar-refractivity contribution < 1.29 is 27.5 Å². The first-order valence-electron chi connectivity index (χ1n) is 9.11. The van der Waals surface area contributed by atoms with Crippen molar-refractivity contribution in [1.29, 1.82) is 0 Å². The fourth-order valence-electron chi connectivity index (χ4n) is 2.86. The molecular weight excluding hydrogens is 387 g/mol. The highest BCUT2D eigenvalue weighted by atomic mass is 19.4. The molecule has 1 N–H and O–H groups in total. The Labute approximate surface area is 165 Å². The summed E-state index contributed by atoms with van der Waals surface area (Å²) >= 11 is 0. The van der Waals surface area contributed by atoms with E-state index in [-0.39, 0.29) is 36.1 Å². The fourth-order valence-corrected chi connectivity index (χ4v) is 2.86. The predicted octanol–water partition coefficient (Wildman–Crippen LogP) is 3.44. The number of ketones is 1. The summed E-state index contributed by atoms with van der Waals surface area (Å²) in [7, 11) is 0. The molecule has 0 atom stereocenters. The minimum atomic E-state index is -4.76. The standard InChI is InChI=1S/C20H20F3N3O3/c1-11-7-13(3-6-17(11)29-20(21,22)23)10-24-19(28)15-8-12(2)25-18(26-15)9-16(27)14-4-5-14/h3,6-8,14H,4-5,9-10H2,1-2H3,(H,24,28).